The van der Waals surface area contributed by atoms with E-state index in [1.165, 1.54) is 5.56 Å². The van der Waals surface area contributed by atoms with Gasteiger partial charge in [-0.25, -0.2) is 4.98 Å². The normalized spacial score (nSPS) is 10.9. The van der Waals surface area contributed by atoms with E-state index < -0.39 is 0 Å². The highest BCUT2D eigenvalue weighted by Gasteiger charge is 2.13. The number of fused-ring (bicyclic) bond motifs is 1. The lowest BCUT2D eigenvalue weighted by molar-refractivity contribution is -0.118. The molecule has 0 unspecified atom stereocenters. The van der Waals surface area contributed by atoms with Crippen LogP contribution in [-0.2, 0) is 11.2 Å². The maximum Gasteiger partial charge on any atom is 0.262 e. The van der Waals surface area contributed by atoms with Crippen LogP contribution < -0.4 is 10.1 Å². The molecule has 1 aromatic heterocycles. The van der Waals surface area contributed by atoms with E-state index in [-0.39, 0.29) is 12.5 Å². The maximum absolute atomic E-state index is 12.2. The zero-order chi connectivity index (χ0) is 21.1. The lowest BCUT2D eigenvalue weighted by Gasteiger charge is -2.08. The van der Waals surface area contributed by atoms with E-state index in [1.807, 2.05) is 24.3 Å². The van der Waals surface area contributed by atoms with Gasteiger partial charge in [-0.1, -0.05) is 42.3 Å². The third-order valence-corrected chi connectivity index (χ3v) is 5.08. The van der Waals surface area contributed by atoms with Crippen LogP contribution in [0, 0.1) is 0 Å². The molecule has 1 N–H and O–H groups in total. The molecule has 0 saturated heterocycles. The van der Waals surface area contributed by atoms with E-state index >= 15 is 0 Å². The van der Waals surface area contributed by atoms with Gasteiger partial charge in [0.25, 0.3) is 5.91 Å². The van der Waals surface area contributed by atoms with Crippen molar-refractivity contribution in [1.29, 1.82) is 0 Å². The number of amides is 1. The first-order chi connectivity index (χ1) is 14.5. The Bertz CT molecular complexity index is 1200. The monoisotopic (exact) mass is 440 g/mol. The van der Waals surface area contributed by atoms with Crippen LogP contribution in [0.3, 0.4) is 0 Å². The van der Waals surface area contributed by atoms with Gasteiger partial charge in [0.15, 0.2) is 12.2 Å². The molecular formula is C23H18Cl2N2O3. The fraction of sp³-hybridized carbons (Fsp3) is 0.130. The molecule has 0 aliphatic carbocycles. The molecule has 7 heteroatoms. The average molecular weight is 441 g/mol. The van der Waals surface area contributed by atoms with Gasteiger partial charge in [0.1, 0.15) is 11.3 Å². The molecule has 0 radical (unpaired) electrons. The first-order valence-corrected chi connectivity index (χ1v) is 10.1. The summed E-state index contributed by atoms with van der Waals surface area (Å²) in [6, 6.07) is 18.0. The van der Waals surface area contributed by atoms with Gasteiger partial charge in [0.2, 0.25) is 5.89 Å². The van der Waals surface area contributed by atoms with Crippen molar-refractivity contribution in [2.75, 3.05) is 11.9 Å². The number of nitrogens with one attached hydrogen (secondary N) is 1. The Morgan fingerprint density at radius 1 is 1.07 bits per heavy atom. The molecular weight excluding hydrogens is 423 g/mol. The van der Waals surface area contributed by atoms with Gasteiger partial charge in [-0.05, 0) is 60.5 Å². The molecule has 30 heavy (non-hydrogen) atoms. The third kappa shape index (κ3) is 4.58. The van der Waals surface area contributed by atoms with E-state index in [1.54, 1.807) is 36.4 Å². The van der Waals surface area contributed by atoms with Gasteiger partial charge < -0.3 is 14.5 Å². The largest absolute Gasteiger partial charge is 0.484 e. The van der Waals surface area contributed by atoms with E-state index in [9.17, 15) is 4.79 Å². The first kappa shape index (κ1) is 20.3. The number of nitrogens with zero attached hydrogens (tertiary/aromatic N) is 1. The van der Waals surface area contributed by atoms with Crippen molar-refractivity contribution in [1.82, 2.24) is 4.98 Å². The topological polar surface area (TPSA) is 64.4 Å². The summed E-state index contributed by atoms with van der Waals surface area (Å²) in [7, 11) is 0. The number of hydrogen-bond acceptors (Lipinski definition) is 4. The van der Waals surface area contributed by atoms with Gasteiger partial charge in [-0.15, -0.1) is 0 Å². The van der Waals surface area contributed by atoms with E-state index in [0.717, 1.165) is 6.42 Å². The summed E-state index contributed by atoms with van der Waals surface area (Å²) in [6.45, 7) is 2.00. The molecule has 3 aromatic carbocycles. The van der Waals surface area contributed by atoms with Crippen molar-refractivity contribution in [2.45, 2.75) is 13.3 Å². The molecule has 0 bridgehead atoms. The molecule has 0 fully saturated rings. The number of ether oxygens (including phenoxy) is 1. The van der Waals surface area contributed by atoms with Gasteiger partial charge in [-0.3, -0.25) is 4.79 Å². The SMILES string of the molecule is CCc1ccc(OCC(=O)Nc2ccc3oc(-c4ccc(Cl)cc4Cl)nc3c2)cc1. The Morgan fingerprint density at radius 3 is 2.60 bits per heavy atom. The highest BCUT2D eigenvalue weighted by molar-refractivity contribution is 6.36. The van der Waals surface area contributed by atoms with Crippen molar-refractivity contribution in [3.8, 4) is 17.2 Å². The Balaban J connectivity index is 1.44. The van der Waals surface area contributed by atoms with Crippen LogP contribution >= 0.6 is 23.2 Å². The van der Waals surface area contributed by atoms with Crippen LogP contribution in [0.2, 0.25) is 10.0 Å². The van der Waals surface area contributed by atoms with Crippen molar-refractivity contribution in [3.63, 3.8) is 0 Å². The number of rotatable bonds is 6. The summed E-state index contributed by atoms with van der Waals surface area (Å²) in [4.78, 5) is 16.7. The van der Waals surface area contributed by atoms with Crippen LogP contribution in [-0.4, -0.2) is 17.5 Å². The van der Waals surface area contributed by atoms with Gasteiger partial charge in [0.05, 0.1) is 10.6 Å². The molecule has 0 aliphatic rings. The minimum absolute atomic E-state index is 0.0893. The Labute approximate surface area is 183 Å². The molecule has 0 aliphatic heterocycles. The van der Waals surface area contributed by atoms with E-state index in [4.69, 9.17) is 32.4 Å². The second-order valence-corrected chi connectivity index (χ2v) is 7.50. The maximum atomic E-state index is 12.2. The van der Waals surface area contributed by atoms with Crippen molar-refractivity contribution < 1.29 is 13.9 Å². The van der Waals surface area contributed by atoms with Crippen LogP contribution in [0.1, 0.15) is 12.5 Å². The summed E-state index contributed by atoms with van der Waals surface area (Å²) >= 11 is 12.2. The van der Waals surface area contributed by atoms with Crippen LogP contribution in [0.25, 0.3) is 22.6 Å². The smallest absolute Gasteiger partial charge is 0.262 e. The van der Waals surface area contributed by atoms with Crippen LogP contribution in [0.4, 0.5) is 5.69 Å². The summed E-state index contributed by atoms with van der Waals surface area (Å²) < 4.78 is 11.3. The number of anilines is 1. The third-order valence-electron chi connectivity index (χ3n) is 4.53. The van der Waals surface area contributed by atoms with E-state index in [2.05, 4.69) is 17.2 Å². The number of benzene rings is 3. The molecule has 4 aromatic rings. The number of aromatic nitrogens is 1. The molecule has 0 saturated carbocycles. The minimum Gasteiger partial charge on any atom is -0.484 e. The molecule has 0 atom stereocenters. The second kappa shape index (κ2) is 8.78. The first-order valence-electron chi connectivity index (χ1n) is 9.39. The standard InChI is InChI=1S/C23H18Cl2N2O3/c1-2-14-3-7-17(8-4-14)29-13-22(28)26-16-6-10-21-20(12-16)27-23(30-21)18-9-5-15(24)11-19(18)25/h3-12H,2,13H2,1H3,(H,26,28). The lowest BCUT2D eigenvalue weighted by atomic mass is 10.2. The Kier molecular flexibility index (Phi) is 5.93. The van der Waals surface area contributed by atoms with Crippen LogP contribution in [0.15, 0.2) is 65.1 Å². The molecule has 5 nitrogen and oxygen atoms in total. The molecule has 4 rings (SSSR count). The molecule has 152 valence electrons. The predicted molar refractivity (Wildman–Crippen MR) is 119 cm³/mol. The summed E-state index contributed by atoms with van der Waals surface area (Å²) in [6.07, 6.45) is 0.956. The number of carbonyl (C=O) groups is 1. The van der Waals surface area contributed by atoms with Crippen LogP contribution in [0.5, 0.6) is 5.75 Å². The summed E-state index contributed by atoms with van der Waals surface area (Å²) in [5.41, 5.74) is 3.64. The van der Waals surface area contributed by atoms with Gasteiger partial charge in [0, 0.05) is 10.7 Å². The minimum atomic E-state index is -0.265. The van der Waals surface area contributed by atoms with E-state index in [0.29, 0.717) is 44.0 Å². The molecule has 1 amide bonds. The zero-order valence-electron chi connectivity index (χ0n) is 16.1. The quantitative estimate of drug-likeness (QED) is 0.377. The number of oxazole rings is 1. The van der Waals surface area contributed by atoms with Crippen molar-refractivity contribution in [3.05, 3.63) is 76.3 Å². The number of aryl methyl sites for hydroxylation is 1. The Morgan fingerprint density at radius 2 is 1.87 bits per heavy atom. The van der Waals surface area contributed by atoms with Crippen molar-refractivity contribution >= 4 is 45.9 Å². The lowest BCUT2D eigenvalue weighted by Crippen LogP contribution is -2.20. The number of halogens is 2. The zero-order valence-corrected chi connectivity index (χ0v) is 17.6. The molecule has 0 spiro atoms. The van der Waals surface area contributed by atoms with Crippen molar-refractivity contribution in [2.24, 2.45) is 0 Å². The average Bonchev–Trinajstić information content (AvgIpc) is 3.15. The summed E-state index contributed by atoms with van der Waals surface area (Å²) in [5.74, 6) is 0.770. The number of hydrogen-bond donors (Lipinski definition) is 1. The Hall–Kier alpha value is -3.02. The molecule has 1 heterocycles. The van der Waals surface area contributed by atoms with Gasteiger partial charge in [-0.2, -0.15) is 0 Å². The summed E-state index contributed by atoms with van der Waals surface area (Å²) in [5, 5.41) is 3.79. The predicted octanol–water partition coefficient (Wildman–Crippen LogP) is 6.38. The highest BCUT2D eigenvalue weighted by Crippen LogP contribution is 2.32. The fourth-order valence-corrected chi connectivity index (χ4v) is 3.44. The number of carbonyl (C=O) groups excluding carboxylic acids is 1. The second-order valence-electron chi connectivity index (χ2n) is 6.66. The van der Waals surface area contributed by atoms with Gasteiger partial charge >= 0.3 is 0 Å². The highest BCUT2D eigenvalue weighted by atomic mass is 35.5. The fourth-order valence-electron chi connectivity index (χ4n) is 2.95.